The molecular weight excluding hydrogens is 334 g/mol. The molecule has 3 rings (SSSR count). The third-order valence-electron chi connectivity index (χ3n) is 3.70. The molecule has 0 aliphatic carbocycles. The van der Waals surface area contributed by atoms with Gasteiger partial charge in [0.05, 0.1) is 5.56 Å². The van der Waals surface area contributed by atoms with E-state index in [2.05, 4.69) is 10.3 Å². The van der Waals surface area contributed by atoms with E-state index in [4.69, 9.17) is 5.11 Å². The van der Waals surface area contributed by atoms with Crippen LogP contribution in [-0.4, -0.2) is 26.5 Å². The van der Waals surface area contributed by atoms with E-state index in [0.29, 0.717) is 16.8 Å². The predicted molar refractivity (Wildman–Crippen MR) is 94.4 cm³/mol. The van der Waals surface area contributed by atoms with E-state index < -0.39 is 5.97 Å². The van der Waals surface area contributed by atoms with Gasteiger partial charge in [-0.05, 0) is 29.8 Å². The first-order valence-corrected chi connectivity index (χ1v) is 7.79. The van der Waals surface area contributed by atoms with Crippen LogP contribution in [0.25, 0.3) is 5.69 Å². The summed E-state index contributed by atoms with van der Waals surface area (Å²) in [6, 6.07) is 14.8. The van der Waals surface area contributed by atoms with Crippen LogP contribution in [0.1, 0.15) is 26.4 Å². The van der Waals surface area contributed by atoms with Crippen molar-refractivity contribution in [2.24, 2.45) is 0 Å². The highest BCUT2D eigenvalue weighted by atomic mass is 16.4. The highest BCUT2D eigenvalue weighted by Gasteiger charge is 2.09. The van der Waals surface area contributed by atoms with Crippen LogP contribution in [-0.2, 0) is 6.54 Å². The van der Waals surface area contributed by atoms with Gasteiger partial charge in [0.1, 0.15) is 5.69 Å². The summed E-state index contributed by atoms with van der Waals surface area (Å²) in [7, 11) is 0. The average Bonchev–Trinajstić information content (AvgIpc) is 2.67. The minimum atomic E-state index is -1.11. The van der Waals surface area contributed by atoms with Crippen molar-refractivity contribution in [1.29, 1.82) is 0 Å². The number of hydrogen-bond acceptors (Lipinski definition) is 4. The Kier molecular flexibility index (Phi) is 4.89. The summed E-state index contributed by atoms with van der Waals surface area (Å²) >= 11 is 0. The number of benzene rings is 1. The minimum absolute atomic E-state index is 0.0602. The summed E-state index contributed by atoms with van der Waals surface area (Å²) in [6.45, 7) is 0.191. The van der Waals surface area contributed by atoms with Crippen LogP contribution in [0.15, 0.2) is 71.8 Å². The number of carboxylic acid groups (broad SMARTS) is 1. The zero-order valence-corrected chi connectivity index (χ0v) is 13.6. The van der Waals surface area contributed by atoms with Crippen molar-refractivity contribution in [3.63, 3.8) is 0 Å². The summed E-state index contributed by atoms with van der Waals surface area (Å²) in [5, 5.41) is 11.5. The lowest BCUT2D eigenvalue weighted by molar-refractivity contribution is 0.0690. The third kappa shape index (κ3) is 3.84. The van der Waals surface area contributed by atoms with Crippen molar-refractivity contribution in [1.82, 2.24) is 14.9 Å². The zero-order valence-electron chi connectivity index (χ0n) is 13.6. The number of amides is 1. The smallest absolute Gasteiger partial charge is 0.354 e. The van der Waals surface area contributed by atoms with Crippen molar-refractivity contribution in [2.75, 3.05) is 0 Å². The zero-order chi connectivity index (χ0) is 18.5. The molecule has 0 unspecified atom stereocenters. The van der Waals surface area contributed by atoms with Gasteiger partial charge in [-0.2, -0.15) is 0 Å². The Hall–Kier alpha value is -3.74. The molecule has 0 saturated carbocycles. The Morgan fingerprint density at radius 2 is 1.81 bits per heavy atom. The maximum Gasteiger partial charge on any atom is 0.354 e. The topological polar surface area (TPSA) is 101 Å². The molecule has 7 heteroatoms. The SMILES string of the molecule is O=C(NCc1ccc(C(=O)O)nc1)c1ccc(=O)n(-c2ccccc2)c1. The molecule has 2 heterocycles. The normalized spacial score (nSPS) is 10.3. The molecule has 0 spiro atoms. The molecule has 0 aliphatic heterocycles. The first kappa shape index (κ1) is 17.1. The van der Waals surface area contributed by atoms with E-state index in [1.165, 1.54) is 35.2 Å². The number of para-hydroxylation sites is 1. The van der Waals surface area contributed by atoms with Crippen molar-refractivity contribution in [3.05, 3.63) is 94.2 Å². The summed E-state index contributed by atoms with van der Waals surface area (Å²) in [5.41, 5.74) is 1.38. The number of aromatic carboxylic acids is 1. The fourth-order valence-corrected chi connectivity index (χ4v) is 2.35. The summed E-state index contributed by atoms with van der Waals surface area (Å²) < 4.78 is 1.40. The van der Waals surface area contributed by atoms with Gasteiger partial charge in [-0.3, -0.25) is 14.2 Å². The van der Waals surface area contributed by atoms with Gasteiger partial charge in [0, 0.05) is 30.7 Å². The molecule has 130 valence electrons. The standard InChI is InChI=1S/C19H15N3O4/c23-17-9-7-14(12-22(17)15-4-2-1-3-5-15)18(24)21-11-13-6-8-16(19(25)26)20-10-13/h1-10,12H,11H2,(H,21,24)(H,25,26). The van der Waals surface area contributed by atoms with E-state index in [1.54, 1.807) is 18.2 Å². The van der Waals surface area contributed by atoms with Gasteiger partial charge in [-0.15, -0.1) is 0 Å². The number of carboxylic acids is 1. The second kappa shape index (κ2) is 7.43. The number of nitrogens with zero attached hydrogens (tertiary/aromatic N) is 2. The molecule has 0 radical (unpaired) electrons. The van der Waals surface area contributed by atoms with E-state index in [-0.39, 0.29) is 23.7 Å². The van der Waals surface area contributed by atoms with Crippen molar-refractivity contribution >= 4 is 11.9 Å². The lowest BCUT2D eigenvalue weighted by Crippen LogP contribution is -2.26. The molecule has 1 amide bonds. The second-order valence-corrected chi connectivity index (χ2v) is 5.50. The second-order valence-electron chi connectivity index (χ2n) is 5.50. The largest absolute Gasteiger partial charge is 0.477 e. The van der Waals surface area contributed by atoms with E-state index in [1.807, 2.05) is 18.2 Å². The fourth-order valence-electron chi connectivity index (χ4n) is 2.35. The Labute approximate surface area is 148 Å². The van der Waals surface area contributed by atoms with Crippen LogP contribution in [0, 0.1) is 0 Å². The molecule has 2 N–H and O–H groups in total. The van der Waals surface area contributed by atoms with Crippen molar-refractivity contribution in [2.45, 2.75) is 6.54 Å². The number of hydrogen-bond donors (Lipinski definition) is 2. The van der Waals surface area contributed by atoms with Gasteiger partial charge < -0.3 is 10.4 Å². The lowest BCUT2D eigenvalue weighted by atomic mass is 10.2. The molecule has 0 fully saturated rings. The first-order chi connectivity index (χ1) is 12.5. The fraction of sp³-hybridized carbons (Fsp3) is 0.0526. The maximum absolute atomic E-state index is 12.3. The van der Waals surface area contributed by atoms with Crippen molar-refractivity contribution in [3.8, 4) is 5.69 Å². The van der Waals surface area contributed by atoms with Crippen LogP contribution in [0.2, 0.25) is 0 Å². The Balaban J connectivity index is 1.74. The van der Waals surface area contributed by atoms with Crippen LogP contribution < -0.4 is 10.9 Å². The van der Waals surface area contributed by atoms with Gasteiger partial charge >= 0.3 is 5.97 Å². The third-order valence-corrected chi connectivity index (χ3v) is 3.70. The summed E-state index contributed by atoms with van der Waals surface area (Å²) in [4.78, 5) is 39.0. The Bertz CT molecular complexity index is 995. The number of nitrogens with one attached hydrogen (secondary N) is 1. The molecule has 7 nitrogen and oxygen atoms in total. The number of carbonyl (C=O) groups excluding carboxylic acids is 1. The average molecular weight is 349 g/mol. The molecule has 26 heavy (non-hydrogen) atoms. The Morgan fingerprint density at radius 1 is 1.04 bits per heavy atom. The molecule has 0 bridgehead atoms. The lowest BCUT2D eigenvalue weighted by Gasteiger charge is -2.09. The van der Waals surface area contributed by atoms with Crippen LogP contribution >= 0.6 is 0 Å². The number of aromatic nitrogens is 2. The highest BCUT2D eigenvalue weighted by Crippen LogP contribution is 2.06. The molecule has 3 aromatic rings. The van der Waals surface area contributed by atoms with Crippen LogP contribution in [0.5, 0.6) is 0 Å². The van der Waals surface area contributed by atoms with Gasteiger partial charge in [0.15, 0.2) is 0 Å². The van der Waals surface area contributed by atoms with Gasteiger partial charge in [-0.25, -0.2) is 9.78 Å². The predicted octanol–water partition coefficient (Wildman–Crippen LogP) is 1.86. The van der Waals surface area contributed by atoms with E-state index in [0.717, 1.165) is 0 Å². The molecule has 2 aromatic heterocycles. The molecular formula is C19H15N3O4. The van der Waals surface area contributed by atoms with Crippen molar-refractivity contribution < 1.29 is 14.7 Å². The summed E-state index contributed by atoms with van der Waals surface area (Å²) in [5.74, 6) is -1.46. The first-order valence-electron chi connectivity index (χ1n) is 7.79. The quantitative estimate of drug-likeness (QED) is 0.732. The van der Waals surface area contributed by atoms with Crippen LogP contribution in [0.3, 0.4) is 0 Å². The number of rotatable bonds is 5. The Morgan fingerprint density at radius 3 is 2.46 bits per heavy atom. The monoisotopic (exact) mass is 349 g/mol. The van der Waals surface area contributed by atoms with Gasteiger partial charge in [0.2, 0.25) is 0 Å². The van der Waals surface area contributed by atoms with E-state index >= 15 is 0 Å². The van der Waals surface area contributed by atoms with E-state index in [9.17, 15) is 14.4 Å². The minimum Gasteiger partial charge on any atom is -0.477 e. The van der Waals surface area contributed by atoms with Gasteiger partial charge in [0.25, 0.3) is 11.5 Å². The number of pyridine rings is 2. The molecule has 0 atom stereocenters. The molecule has 0 aliphatic rings. The maximum atomic E-state index is 12.3. The van der Waals surface area contributed by atoms with Crippen LogP contribution in [0.4, 0.5) is 0 Å². The molecule has 1 aromatic carbocycles. The number of carbonyl (C=O) groups is 2. The highest BCUT2D eigenvalue weighted by molar-refractivity contribution is 5.93. The van der Waals surface area contributed by atoms with Gasteiger partial charge in [-0.1, -0.05) is 24.3 Å². The summed E-state index contributed by atoms with van der Waals surface area (Å²) in [6.07, 6.45) is 2.88. The molecule has 0 saturated heterocycles.